The highest BCUT2D eigenvalue weighted by molar-refractivity contribution is 7.14. The molecule has 1 atom stereocenters. The lowest BCUT2D eigenvalue weighted by atomic mass is 9.86. The molecule has 0 spiro atoms. The lowest BCUT2D eigenvalue weighted by molar-refractivity contribution is -0.141. The summed E-state index contributed by atoms with van der Waals surface area (Å²) in [6.07, 6.45) is 5.94. The van der Waals surface area contributed by atoms with E-state index in [-0.39, 0.29) is 12.3 Å². The highest BCUT2D eigenvalue weighted by Gasteiger charge is 2.30. The molecule has 0 saturated carbocycles. The number of carbonyl (C=O) groups is 2. The van der Waals surface area contributed by atoms with E-state index < -0.39 is 11.9 Å². The van der Waals surface area contributed by atoms with E-state index >= 15 is 0 Å². The molecule has 5 rings (SSSR count). The fourth-order valence-electron chi connectivity index (χ4n) is 5.04. The Morgan fingerprint density at radius 3 is 2.73 bits per heavy atom. The highest BCUT2D eigenvalue weighted by Crippen LogP contribution is 2.36. The Morgan fingerprint density at radius 1 is 1.22 bits per heavy atom. The van der Waals surface area contributed by atoms with E-state index in [0.717, 1.165) is 46.3 Å². The molecule has 192 valence electrons. The molecule has 3 aromatic heterocycles. The number of fused-ring (bicyclic) bond motifs is 1. The first-order valence-corrected chi connectivity index (χ1v) is 13.3. The largest absolute Gasteiger partial charge is 0.481 e. The zero-order chi connectivity index (χ0) is 25.9. The van der Waals surface area contributed by atoms with Gasteiger partial charge < -0.3 is 14.4 Å². The number of anilines is 1. The van der Waals surface area contributed by atoms with Crippen LogP contribution >= 0.6 is 11.3 Å². The van der Waals surface area contributed by atoms with Crippen LogP contribution in [0, 0.1) is 11.8 Å². The van der Waals surface area contributed by atoms with Gasteiger partial charge in [0, 0.05) is 67.5 Å². The second-order valence-corrected chi connectivity index (χ2v) is 10.4. The van der Waals surface area contributed by atoms with Gasteiger partial charge in [0.2, 0.25) is 5.91 Å². The molecule has 1 aromatic carbocycles. The average molecular weight is 519 g/mol. The minimum absolute atomic E-state index is 0.184. The first-order chi connectivity index (χ1) is 17.9. The van der Waals surface area contributed by atoms with E-state index in [1.54, 1.807) is 7.05 Å². The molecule has 0 bridgehead atoms. The Kier molecular flexibility index (Phi) is 7.34. The number of hydrogen-bond donors (Lipinski definition) is 1. The van der Waals surface area contributed by atoms with Gasteiger partial charge in [0.1, 0.15) is 5.65 Å². The van der Waals surface area contributed by atoms with Crippen molar-refractivity contribution in [3.63, 3.8) is 0 Å². The molecule has 1 saturated heterocycles. The maximum absolute atomic E-state index is 13.4. The third-order valence-electron chi connectivity index (χ3n) is 7.06. The van der Waals surface area contributed by atoms with Crippen LogP contribution in [0.5, 0.6) is 0 Å². The number of rotatable bonds is 8. The molecule has 9 heteroatoms. The van der Waals surface area contributed by atoms with E-state index in [4.69, 9.17) is 9.72 Å². The fraction of sp³-hybridized carbons (Fsp3) is 0.357. The van der Waals surface area contributed by atoms with Crippen molar-refractivity contribution in [3.8, 4) is 22.4 Å². The van der Waals surface area contributed by atoms with E-state index in [1.165, 1.54) is 16.2 Å². The summed E-state index contributed by atoms with van der Waals surface area (Å²) in [5.74, 6) is -1.46. The Labute approximate surface area is 219 Å². The van der Waals surface area contributed by atoms with Crippen molar-refractivity contribution in [3.05, 3.63) is 54.2 Å². The van der Waals surface area contributed by atoms with Crippen LogP contribution in [0.3, 0.4) is 0 Å². The molecule has 1 amide bonds. The van der Waals surface area contributed by atoms with Crippen LogP contribution in [0.2, 0.25) is 0 Å². The van der Waals surface area contributed by atoms with E-state index in [0.29, 0.717) is 30.7 Å². The second kappa shape index (κ2) is 10.8. The van der Waals surface area contributed by atoms with Gasteiger partial charge in [-0.15, -0.1) is 11.3 Å². The number of aliphatic carboxylic acids is 1. The van der Waals surface area contributed by atoms with Crippen LogP contribution in [-0.4, -0.2) is 51.8 Å². The van der Waals surface area contributed by atoms with Crippen molar-refractivity contribution in [2.45, 2.75) is 25.7 Å². The van der Waals surface area contributed by atoms with Gasteiger partial charge in [-0.3, -0.25) is 14.5 Å². The predicted molar refractivity (Wildman–Crippen MR) is 145 cm³/mol. The third kappa shape index (κ3) is 5.42. The number of thiazole rings is 1. The standard InChI is InChI=1S/C28H30N4O4S/c1-31-10-7-19-14-21(16-29-26(19)31)22-5-3-4-6-23(22)24-17-37-28(30-24)32(2)27(35)20(15-25(33)34)13-18-8-11-36-12-9-18/h3-7,10,14,16-18,20H,8-9,11-13,15H2,1-2H3,(H,33,34)/t20-/m1/s1. The summed E-state index contributed by atoms with van der Waals surface area (Å²) in [5.41, 5.74) is 4.64. The first-order valence-electron chi connectivity index (χ1n) is 12.4. The number of aromatic nitrogens is 3. The molecule has 1 N–H and O–H groups in total. The number of carboxylic acid groups (broad SMARTS) is 1. The molecule has 8 nitrogen and oxygen atoms in total. The van der Waals surface area contributed by atoms with Crippen LogP contribution in [0.15, 0.2) is 54.2 Å². The van der Waals surface area contributed by atoms with Gasteiger partial charge in [-0.2, -0.15) is 0 Å². The van der Waals surface area contributed by atoms with E-state index in [9.17, 15) is 14.7 Å². The molecule has 37 heavy (non-hydrogen) atoms. The maximum Gasteiger partial charge on any atom is 0.304 e. The topological polar surface area (TPSA) is 97.6 Å². The molecular weight excluding hydrogens is 488 g/mol. The summed E-state index contributed by atoms with van der Waals surface area (Å²) < 4.78 is 7.41. The zero-order valence-corrected chi connectivity index (χ0v) is 21.8. The Bertz CT molecular complexity index is 1420. The van der Waals surface area contributed by atoms with Crippen LogP contribution in [0.1, 0.15) is 25.7 Å². The summed E-state index contributed by atoms with van der Waals surface area (Å²) in [5, 5.41) is 13.0. The number of carbonyl (C=O) groups excluding carboxylic acids is 1. The van der Waals surface area contributed by atoms with Crippen molar-refractivity contribution >= 4 is 39.4 Å². The molecule has 1 fully saturated rings. The number of benzene rings is 1. The van der Waals surface area contributed by atoms with Crippen LogP contribution in [0.4, 0.5) is 5.13 Å². The second-order valence-electron chi connectivity index (χ2n) is 9.61. The normalized spacial score (nSPS) is 15.1. The van der Waals surface area contributed by atoms with Gasteiger partial charge in [-0.25, -0.2) is 9.97 Å². The molecule has 0 radical (unpaired) electrons. The van der Waals surface area contributed by atoms with Crippen molar-refractivity contribution in [1.29, 1.82) is 0 Å². The predicted octanol–water partition coefficient (Wildman–Crippen LogP) is 5.23. The Balaban J connectivity index is 1.39. The number of pyridine rings is 1. The van der Waals surface area contributed by atoms with Crippen LogP contribution < -0.4 is 4.90 Å². The molecule has 4 heterocycles. The minimum atomic E-state index is -0.962. The van der Waals surface area contributed by atoms with Gasteiger partial charge >= 0.3 is 5.97 Å². The number of aryl methyl sites for hydroxylation is 1. The minimum Gasteiger partial charge on any atom is -0.481 e. The van der Waals surface area contributed by atoms with Crippen LogP contribution in [0.25, 0.3) is 33.4 Å². The lowest BCUT2D eigenvalue weighted by Crippen LogP contribution is -2.35. The number of ether oxygens (including phenoxy) is 1. The number of amides is 1. The number of hydrogen-bond acceptors (Lipinski definition) is 6. The maximum atomic E-state index is 13.4. The summed E-state index contributed by atoms with van der Waals surface area (Å²) in [6, 6.07) is 12.2. The molecule has 1 aliphatic heterocycles. The highest BCUT2D eigenvalue weighted by atomic mass is 32.1. The number of nitrogens with zero attached hydrogens (tertiary/aromatic N) is 4. The summed E-state index contributed by atoms with van der Waals surface area (Å²) in [4.78, 5) is 35.9. The monoisotopic (exact) mass is 518 g/mol. The quantitative estimate of drug-likeness (QED) is 0.343. The fourth-order valence-corrected chi connectivity index (χ4v) is 5.83. The van der Waals surface area contributed by atoms with E-state index in [1.807, 2.05) is 59.7 Å². The molecular formula is C28H30N4O4S. The van der Waals surface area contributed by atoms with Crippen molar-refractivity contribution in [1.82, 2.24) is 14.5 Å². The van der Waals surface area contributed by atoms with Gasteiger partial charge in [0.25, 0.3) is 0 Å². The SMILES string of the molecule is CN(C(=O)[C@@H](CC(=O)O)CC1CCOCC1)c1nc(-c2ccccc2-c2cnc3c(ccn3C)c2)cs1. The van der Waals surface area contributed by atoms with Gasteiger partial charge in [-0.1, -0.05) is 24.3 Å². The zero-order valence-electron chi connectivity index (χ0n) is 21.0. The van der Waals surface area contributed by atoms with Crippen LogP contribution in [-0.2, 0) is 21.4 Å². The average Bonchev–Trinajstić information content (AvgIpc) is 3.55. The first kappa shape index (κ1) is 25.1. The molecule has 0 aliphatic carbocycles. The molecule has 1 aliphatic rings. The Hall–Kier alpha value is -3.56. The Morgan fingerprint density at radius 2 is 1.97 bits per heavy atom. The molecule has 4 aromatic rings. The van der Waals surface area contributed by atoms with Crippen molar-refractivity contribution < 1.29 is 19.4 Å². The van der Waals surface area contributed by atoms with Crippen molar-refractivity contribution in [2.75, 3.05) is 25.2 Å². The summed E-state index contributed by atoms with van der Waals surface area (Å²) in [6.45, 7) is 1.33. The summed E-state index contributed by atoms with van der Waals surface area (Å²) in [7, 11) is 3.66. The van der Waals surface area contributed by atoms with Crippen molar-refractivity contribution in [2.24, 2.45) is 18.9 Å². The smallest absolute Gasteiger partial charge is 0.304 e. The molecule has 0 unspecified atom stereocenters. The van der Waals surface area contributed by atoms with Gasteiger partial charge in [0.15, 0.2) is 5.13 Å². The van der Waals surface area contributed by atoms with Gasteiger partial charge in [0.05, 0.1) is 12.1 Å². The van der Waals surface area contributed by atoms with Gasteiger partial charge in [-0.05, 0) is 42.9 Å². The number of carboxylic acids is 1. The summed E-state index contributed by atoms with van der Waals surface area (Å²) >= 11 is 1.38. The van der Waals surface area contributed by atoms with E-state index in [2.05, 4.69) is 11.1 Å². The lowest BCUT2D eigenvalue weighted by Gasteiger charge is -2.27. The third-order valence-corrected chi connectivity index (χ3v) is 7.98.